The summed E-state index contributed by atoms with van der Waals surface area (Å²) in [5.41, 5.74) is 12.2. The van der Waals surface area contributed by atoms with E-state index < -0.39 is 115 Å². The van der Waals surface area contributed by atoms with Crippen molar-refractivity contribution in [2.45, 2.75) is 108 Å². The summed E-state index contributed by atoms with van der Waals surface area (Å²) in [7, 11) is 0. The molecule has 7 atom stereocenters. The van der Waals surface area contributed by atoms with Crippen molar-refractivity contribution in [1.29, 1.82) is 0 Å². The first-order chi connectivity index (χ1) is 27.3. The lowest BCUT2D eigenvalue weighted by molar-refractivity contribution is -0.143. The number of nitrogens with one attached hydrogen (secondary N) is 6. The van der Waals surface area contributed by atoms with Crippen LogP contribution in [-0.2, 0) is 49.6 Å². The molecule has 318 valence electrons. The second kappa shape index (κ2) is 21.4. The van der Waals surface area contributed by atoms with Gasteiger partial charge in [0.25, 0.3) is 0 Å². The number of aliphatic hydroxyl groups excluding tert-OH is 1. The SMILES string of the molecule is CC(C)C[C@H](NC(=O)CNC(=O)[C@@H]1CCCN1C(=O)[C@H](Cc1c[nH]c2ccccc12)NC(=O)[C@@H](NC(=O)[C@@H](N)CC(N)=O)[C@@H](C)O)C(=O)N[C@@H](CCC(=O)O)C(=O)O. The van der Waals surface area contributed by atoms with Crippen molar-refractivity contribution in [1.82, 2.24) is 36.5 Å². The second-order valence-corrected chi connectivity index (χ2v) is 14.6. The average molecular weight is 816 g/mol. The fourth-order valence-electron chi connectivity index (χ4n) is 6.49. The molecule has 13 N–H and O–H groups in total. The number of nitrogens with two attached hydrogens (primary N) is 2. The average Bonchev–Trinajstić information content (AvgIpc) is 3.80. The molecule has 2 aromatic rings. The molecule has 58 heavy (non-hydrogen) atoms. The number of fused-ring (bicyclic) bond motifs is 1. The highest BCUT2D eigenvalue weighted by molar-refractivity contribution is 5.97. The number of nitrogens with zero attached hydrogens (tertiary/aromatic N) is 1. The van der Waals surface area contributed by atoms with E-state index in [-0.39, 0.29) is 38.1 Å². The number of benzene rings is 1. The van der Waals surface area contributed by atoms with Crippen LogP contribution in [0.3, 0.4) is 0 Å². The monoisotopic (exact) mass is 815 g/mol. The van der Waals surface area contributed by atoms with Gasteiger partial charge in [0.15, 0.2) is 0 Å². The Morgan fingerprint density at radius 1 is 0.897 bits per heavy atom. The normalized spacial score (nSPS) is 16.9. The third-order valence-corrected chi connectivity index (χ3v) is 9.42. The molecule has 1 aliphatic heterocycles. The van der Waals surface area contributed by atoms with Crippen molar-refractivity contribution in [3.8, 4) is 0 Å². The fraction of sp³-hybridized carbons (Fsp3) is 0.541. The molecule has 7 amide bonds. The number of aromatic nitrogens is 1. The number of H-pyrrole nitrogens is 1. The quantitative estimate of drug-likeness (QED) is 0.0579. The van der Waals surface area contributed by atoms with Gasteiger partial charge in [-0.2, -0.15) is 0 Å². The Bertz CT molecular complexity index is 1850. The number of rotatable bonds is 22. The summed E-state index contributed by atoms with van der Waals surface area (Å²) in [6.07, 6.45) is -0.664. The topological polar surface area (TPSA) is 346 Å². The van der Waals surface area contributed by atoms with E-state index in [9.17, 15) is 53.4 Å². The third kappa shape index (κ3) is 13.5. The molecule has 2 heterocycles. The molecule has 0 spiro atoms. The lowest BCUT2D eigenvalue weighted by Gasteiger charge is -2.30. The maximum Gasteiger partial charge on any atom is 0.326 e. The fourth-order valence-corrected chi connectivity index (χ4v) is 6.49. The number of para-hydroxylation sites is 1. The number of carbonyl (C=O) groups excluding carboxylic acids is 7. The molecule has 21 heteroatoms. The second-order valence-electron chi connectivity index (χ2n) is 14.6. The zero-order chi connectivity index (χ0) is 43.3. The van der Waals surface area contributed by atoms with Crippen LogP contribution in [0.2, 0.25) is 0 Å². The van der Waals surface area contributed by atoms with Gasteiger partial charge in [0.05, 0.1) is 25.1 Å². The van der Waals surface area contributed by atoms with Gasteiger partial charge in [-0.05, 0) is 50.2 Å². The van der Waals surface area contributed by atoms with E-state index in [2.05, 4.69) is 31.6 Å². The highest BCUT2D eigenvalue weighted by Crippen LogP contribution is 2.23. The van der Waals surface area contributed by atoms with E-state index in [1.807, 2.05) is 6.07 Å². The Morgan fingerprint density at radius 2 is 1.57 bits per heavy atom. The number of hydrogen-bond acceptors (Lipinski definition) is 11. The van der Waals surface area contributed by atoms with E-state index in [0.29, 0.717) is 12.0 Å². The van der Waals surface area contributed by atoms with Gasteiger partial charge in [0.2, 0.25) is 41.4 Å². The van der Waals surface area contributed by atoms with Crippen LogP contribution in [0, 0.1) is 5.92 Å². The number of likely N-dealkylation sites (tertiary alicyclic amines) is 1. The summed E-state index contributed by atoms with van der Waals surface area (Å²) in [5, 5.41) is 41.7. The highest BCUT2D eigenvalue weighted by Gasteiger charge is 2.40. The minimum atomic E-state index is -1.61. The Labute approximate surface area is 333 Å². The van der Waals surface area contributed by atoms with Crippen molar-refractivity contribution in [2.24, 2.45) is 17.4 Å². The molecule has 0 radical (unpaired) electrons. The lowest BCUT2D eigenvalue weighted by Crippen LogP contribution is -2.60. The molecular formula is C37H53N9O12. The Balaban J connectivity index is 1.77. The molecule has 21 nitrogen and oxygen atoms in total. The zero-order valence-electron chi connectivity index (χ0n) is 32.5. The molecule has 1 aliphatic rings. The van der Waals surface area contributed by atoms with Crippen LogP contribution in [0.4, 0.5) is 0 Å². The van der Waals surface area contributed by atoms with Gasteiger partial charge in [0.1, 0.15) is 30.2 Å². The number of amides is 7. The first kappa shape index (κ1) is 46.3. The number of carboxylic acids is 2. The van der Waals surface area contributed by atoms with Crippen LogP contribution in [0.1, 0.15) is 64.9 Å². The van der Waals surface area contributed by atoms with Gasteiger partial charge in [-0.3, -0.25) is 38.4 Å². The molecule has 0 aliphatic carbocycles. The van der Waals surface area contributed by atoms with Crippen molar-refractivity contribution in [3.63, 3.8) is 0 Å². The summed E-state index contributed by atoms with van der Waals surface area (Å²) in [6.45, 7) is 4.23. The predicted octanol–water partition coefficient (Wildman–Crippen LogP) is -2.66. The first-order valence-electron chi connectivity index (χ1n) is 18.8. The van der Waals surface area contributed by atoms with Crippen LogP contribution in [-0.4, -0.2) is 134 Å². The number of carboxylic acid groups (broad SMARTS) is 2. The Kier molecular flexibility index (Phi) is 17.1. The molecule has 1 aromatic carbocycles. The summed E-state index contributed by atoms with van der Waals surface area (Å²) < 4.78 is 0. The van der Waals surface area contributed by atoms with Crippen LogP contribution >= 0.6 is 0 Å². The minimum Gasteiger partial charge on any atom is -0.481 e. The molecule has 1 saturated heterocycles. The molecule has 0 saturated carbocycles. The van der Waals surface area contributed by atoms with E-state index in [0.717, 1.165) is 10.9 Å². The Hall–Kier alpha value is -6.09. The summed E-state index contributed by atoms with van der Waals surface area (Å²) in [4.78, 5) is 118. The molecule has 1 aromatic heterocycles. The number of aliphatic hydroxyl groups is 1. The van der Waals surface area contributed by atoms with Crippen LogP contribution in [0.15, 0.2) is 30.5 Å². The molecular weight excluding hydrogens is 762 g/mol. The number of aromatic amines is 1. The number of hydrogen-bond donors (Lipinski definition) is 11. The van der Waals surface area contributed by atoms with Gasteiger partial charge in [-0.15, -0.1) is 0 Å². The Morgan fingerprint density at radius 3 is 2.19 bits per heavy atom. The highest BCUT2D eigenvalue weighted by atomic mass is 16.4. The van der Waals surface area contributed by atoms with E-state index >= 15 is 0 Å². The number of primary amides is 1. The van der Waals surface area contributed by atoms with Gasteiger partial charge in [-0.25, -0.2) is 4.79 Å². The molecule has 0 unspecified atom stereocenters. The maximum absolute atomic E-state index is 14.3. The predicted molar refractivity (Wildman–Crippen MR) is 205 cm³/mol. The lowest BCUT2D eigenvalue weighted by atomic mass is 10.0. The van der Waals surface area contributed by atoms with Crippen LogP contribution in [0.25, 0.3) is 10.9 Å². The molecule has 1 fully saturated rings. The maximum atomic E-state index is 14.3. The largest absolute Gasteiger partial charge is 0.481 e. The van der Waals surface area contributed by atoms with Gasteiger partial charge >= 0.3 is 11.9 Å². The molecule has 3 rings (SSSR count). The zero-order valence-corrected chi connectivity index (χ0v) is 32.5. The van der Waals surface area contributed by atoms with E-state index in [1.54, 1.807) is 38.2 Å². The van der Waals surface area contributed by atoms with Crippen molar-refractivity contribution < 1.29 is 58.5 Å². The summed E-state index contributed by atoms with van der Waals surface area (Å²) >= 11 is 0. The number of aliphatic carboxylic acids is 2. The van der Waals surface area contributed by atoms with Crippen LogP contribution in [0.5, 0.6) is 0 Å². The summed E-state index contributed by atoms with van der Waals surface area (Å²) in [6, 6.07) is -0.972. The molecule has 0 bridgehead atoms. The van der Waals surface area contributed by atoms with E-state index in [4.69, 9.17) is 16.6 Å². The van der Waals surface area contributed by atoms with Gasteiger partial charge < -0.3 is 63.3 Å². The van der Waals surface area contributed by atoms with Gasteiger partial charge in [0, 0.05) is 36.5 Å². The third-order valence-electron chi connectivity index (χ3n) is 9.42. The van der Waals surface area contributed by atoms with Crippen molar-refractivity contribution in [3.05, 3.63) is 36.0 Å². The summed E-state index contributed by atoms with van der Waals surface area (Å²) in [5.74, 6) is -8.65. The minimum absolute atomic E-state index is 0.0815. The van der Waals surface area contributed by atoms with Crippen molar-refractivity contribution >= 4 is 64.2 Å². The first-order valence-corrected chi connectivity index (χ1v) is 18.8. The number of carbonyl (C=O) groups is 9. The standard InChI is InChI=1S/C37H53N9O12/c1-18(2)13-25(33(53)43-24(37(57)58)10-11-30(50)51)42-29(49)17-41-34(54)27-9-6-12-46(27)36(56)26(14-20-16-40-23-8-5-4-7-21(20)23)44-35(55)31(19(3)47)45-32(52)22(38)15-28(39)48/h4-5,7-8,16,18-19,22,24-27,31,40,47H,6,9-15,17,38H2,1-3H3,(H2,39,48)(H,41,54)(H,42,49)(H,43,53)(H,44,55)(H,45,52)(H,50,51)(H,57,58)/t19-,22+,24+,25+,26+,27+,31+/m1/s1. The smallest absolute Gasteiger partial charge is 0.326 e. The van der Waals surface area contributed by atoms with E-state index in [1.165, 1.54) is 11.8 Å². The van der Waals surface area contributed by atoms with Crippen LogP contribution < -0.4 is 38.1 Å². The van der Waals surface area contributed by atoms with Crippen molar-refractivity contribution in [2.75, 3.05) is 13.1 Å². The van der Waals surface area contributed by atoms with Gasteiger partial charge in [-0.1, -0.05) is 32.0 Å².